The Morgan fingerprint density at radius 2 is 1.91 bits per heavy atom. The summed E-state index contributed by atoms with van der Waals surface area (Å²) in [6, 6.07) is 7.69. The number of benzene rings is 1. The number of thioether (sulfide) groups is 1. The SMILES string of the molecule is CCc1c(C)sc2nc(SCC(=O)c3cc(C)n(-c4ccc5c(c4)OCO5)c3C)n(CC)c(=O)c12. The van der Waals surface area contributed by atoms with Crippen molar-refractivity contribution in [3.05, 3.63) is 62.0 Å². The summed E-state index contributed by atoms with van der Waals surface area (Å²) >= 11 is 2.88. The van der Waals surface area contributed by atoms with Crippen molar-refractivity contribution in [3.8, 4) is 17.2 Å². The van der Waals surface area contributed by atoms with Gasteiger partial charge in [-0.15, -0.1) is 11.3 Å². The predicted molar refractivity (Wildman–Crippen MR) is 140 cm³/mol. The van der Waals surface area contributed by atoms with E-state index in [1.54, 1.807) is 15.9 Å². The Balaban J connectivity index is 1.43. The zero-order valence-electron chi connectivity index (χ0n) is 20.4. The van der Waals surface area contributed by atoms with E-state index in [0.29, 0.717) is 23.0 Å². The van der Waals surface area contributed by atoms with Crippen LogP contribution in [-0.2, 0) is 13.0 Å². The highest BCUT2D eigenvalue weighted by Crippen LogP contribution is 2.35. The topological polar surface area (TPSA) is 75.4 Å². The van der Waals surface area contributed by atoms with Gasteiger partial charge >= 0.3 is 0 Å². The molecule has 0 fully saturated rings. The molecule has 4 aromatic rings. The Kier molecular flexibility index (Phi) is 6.23. The van der Waals surface area contributed by atoms with Crippen molar-refractivity contribution in [2.45, 2.75) is 52.7 Å². The van der Waals surface area contributed by atoms with Crippen LogP contribution >= 0.6 is 23.1 Å². The molecule has 0 aliphatic carbocycles. The van der Waals surface area contributed by atoms with Crippen molar-refractivity contribution in [1.82, 2.24) is 14.1 Å². The number of aryl methyl sites for hydroxylation is 3. The van der Waals surface area contributed by atoms with Gasteiger partial charge in [0.05, 0.1) is 11.1 Å². The number of Topliss-reactive ketones (excluding diaryl/α,β-unsaturated/α-hetero) is 1. The third kappa shape index (κ3) is 3.96. The summed E-state index contributed by atoms with van der Waals surface area (Å²) in [5.41, 5.74) is 4.47. The van der Waals surface area contributed by atoms with Gasteiger partial charge in [-0.05, 0) is 57.9 Å². The summed E-state index contributed by atoms with van der Waals surface area (Å²) in [6.07, 6.45) is 0.802. The molecule has 182 valence electrons. The van der Waals surface area contributed by atoms with Crippen molar-refractivity contribution in [3.63, 3.8) is 0 Å². The Labute approximate surface area is 211 Å². The van der Waals surface area contributed by atoms with Gasteiger partial charge in [-0.25, -0.2) is 4.98 Å². The molecule has 1 aliphatic rings. The molecule has 5 rings (SSSR count). The number of hydrogen-bond donors (Lipinski definition) is 0. The summed E-state index contributed by atoms with van der Waals surface area (Å²) in [6.45, 7) is 10.7. The van der Waals surface area contributed by atoms with Gasteiger partial charge in [0.1, 0.15) is 4.83 Å². The van der Waals surface area contributed by atoms with Crippen LogP contribution in [0.15, 0.2) is 34.2 Å². The number of thiophene rings is 1. The first-order valence-corrected chi connectivity index (χ1v) is 13.4. The molecule has 0 N–H and O–H groups in total. The van der Waals surface area contributed by atoms with Crippen LogP contribution in [0.5, 0.6) is 11.5 Å². The second-order valence-corrected chi connectivity index (χ2v) is 10.6. The van der Waals surface area contributed by atoms with Crippen LogP contribution in [0.2, 0.25) is 0 Å². The molecule has 0 saturated carbocycles. The van der Waals surface area contributed by atoms with E-state index >= 15 is 0 Å². The number of nitrogens with zero attached hydrogens (tertiary/aromatic N) is 3. The smallest absolute Gasteiger partial charge is 0.263 e. The molecule has 1 aliphatic heterocycles. The molecule has 0 bridgehead atoms. The fourth-order valence-electron chi connectivity index (χ4n) is 4.72. The molecule has 9 heteroatoms. The molecule has 0 atom stereocenters. The van der Waals surface area contributed by atoms with Crippen LogP contribution < -0.4 is 15.0 Å². The minimum atomic E-state index is -0.0189. The van der Waals surface area contributed by atoms with Crippen LogP contribution in [0.1, 0.15) is 46.0 Å². The van der Waals surface area contributed by atoms with Crippen molar-refractivity contribution in [2.75, 3.05) is 12.5 Å². The molecule has 0 saturated heterocycles. The van der Waals surface area contributed by atoms with Crippen LogP contribution in [0, 0.1) is 20.8 Å². The third-order valence-electron chi connectivity index (χ3n) is 6.43. The Morgan fingerprint density at radius 1 is 1.14 bits per heavy atom. The average Bonchev–Trinajstić information content (AvgIpc) is 3.51. The predicted octanol–water partition coefficient (Wildman–Crippen LogP) is 5.46. The Morgan fingerprint density at radius 3 is 2.66 bits per heavy atom. The summed E-state index contributed by atoms with van der Waals surface area (Å²) in [5.74, 6) is 1.63. The first-order chi connectivity index (χ1) is 16.8. The lowest BCUT2D eigenvalue weighted by Crippen LogP contribution is -2.23. The van der Waals surface area contributed by atoms with Gasteiger partial charge in [0.25, 0.3) is 5.56 Å². The lowest BCUT2D eigenvalue weighted by molar-refractivity contribution is 0.102. The lowest BCUT2D eigenvalue weighted by atomic mass is 10.1. The van der Waals surface area contributed by atoms with Crippen molar-refractivity contribution in [2.24, 2.45) is 0 Å². The highest BCUT2D eigenvalue weighted by molar-refractivity contribution is 7.99. The number of ketones is 1. The second-order valence-electron chi connectivity index (χ2n) is 8.48. The van der Waals surface area contributed by atoms with Gasteiger partial charge in [-0.1, -0.05) is 18.7 Å². The second kappa shape index (κ2) is 9.20. The van der Waals surface area contributed by atoms with Gasteiger partial charge in [0.2, 0.25) is 6.79 Å². The molecular formula is C26H27N3O4S2. The number of fused-ring (bicyclic) bond motifs is 2. The van der Waals surface area contributed by atoms with Crippen LogP contribution in [0.25, 0.3) is 15.9 Å². The summed E-state index contributed by atoms with van der Waals surface area (Å²) < 4.78 is 14.7. The number of ether oxygens (including phenoxy) is 2. The number of rotatable bonds is 7. The molecule has 35 heavy (non-hydrogen) atoms. The Hall–Kier alpha value is -3.04. The summed E-state index contributed by atoms with van der Waals surface area (Å²) in [4.78, 5) is 33.2. The van der Waals surface area contributed by atoms with Gasteiger partial charge in [-0.2, -0.15) is 0 Å². The van der Waals surface area contributed by atoms with E-state index in [4.69, 9.17) is 14.5 Å². The molecule has 4 heterocycles. The van der Waals surface area contributed by atoms with Crippen molar-refractivity contribution < 1.29 is 14.3 Å². The van der Waals surface area contributed by atoms with Gasteiger partial charge in [-0.3, -0.25) is 14.2 Å². The first-order valence-electron chi connectivity index (χ1n) is 11.6. The molecule has 0 spiro atoms. The quantitative estimate of drug-likeness (QED) is 0.187. The van der Waals surface area contributed by atoms with Gasteiger partial charge < -0.3 is 14.0 Å². The molecule has 7 nitrogen and oxygen atoms in total. The van der Waals surface area contributed by atoms with E-state index in [2.05, 4.69) is 6.92 Å². The maximum atomic E-state index is 13.3. The average molecular weight is 510 g/mol. The molecule has 1 aromatic carbocycles. The molecule has 0 radical (unpaired) electrons. The monoisotopic (exact) mass is 509 g/mol. The third-order valence-corrected chi connectivity index (χ3v) is 8.44. The fraction of sp³-hybridized carbons (Fsp3) is 0.346. The van der Waals surface area contributed by atoms with Gasteiger partial charge in [0.15, 0.2) is 22.4 Å². The summed E-state index contributed by atoms with van der Waals surface area (Å²) in [5, 5.41) is 1.31. The number of carbonyl (C=O) groups excluding carboxylic acids is 1. The molecular weight excluding hydrogens is 482 g/mol. The van der Waals surface area contributed by atoms with Gasteiger partial charge in [0, 0.05) is 40.1 Å². The number of hydrogen-bond acceptors (Lipinski definition) is 7. The minimum Gasteiger partial charge on any atom is -0.454 e. The standard InChI is InChI=1S/C26H27N3O4S2/c1-6-18-16(5)35-24-23(18)25(31)28(7-2)26(27-24)34-12-20(30)19-10-14(3)29(15(19)4)17-8-9-21-22(11-17)33-13-32-21/h8-11H,6-7,12-13H2,1-5H3. The number of aromatic nitrogens is 3. The van der Waals surface area contributed by atoms with E-state index in [1.807, 2.05) is 56.5 Å². The zero-order valence-corrected chi connectivity index (χ0v) is 22.1. The van der Waals surface area contributed by atoms with Crippen LogP contribution in [-0.4, -0.2) is 32.4 Å². The van der Waals surface area contributed by atoms with E-state index in [-0.39, 0.29) is 23.9 Å². The normalized spacial score (nSPS) is 12.6. The molecule has 0 unspecified atom stereocenters. The van der Waals surface area contributed by atoms with Crippen LogP contribution in [0.3, 0.4) is 0 Å². The highest BCUT2D eigenvalue weighted by Gasteiger charge is 2.22. The zero-order chi connectivity index (χ0) is 24.9. The summed E-state index contributed by atoms with van der Waals surface area (Å²) in [7, 11) is 0. The van der Waals surface area contributed by atoms with E-state index in [1.165, 1.54) is 11.8 Å². The minimum absolute atomic E-state index is 0.00343. The van der Waals surface area contributed by atoms with E-state index in [0.717, 1.165) is 49.9 Å². The molecule has 3 aromatic heterocycles. The largest absolute Gasteiger partial charge is 0.454 e. The highest BCUT2D eigenvalue weighted by atomic mass is 32.2. The van der Waals surface area contributed by atoms with Crippen molar-refractivity contribution >= 4 is 39.1 Å². The fourth-order valence-corrected chi connectivity index (χ4v) is 6.82. The van der Waals surface area contributed by atoms with E-state index in [9.17, 15) is 9.59 Å². The van der Waals surface area contributed by atoms with Crippen molar-refractivity contribution in [1.29, 1.82) is 0 Å². The maximum absolute atomic E-state index is 13.3. The maximum Gasteiger partial charge on any atom is 0.263 e. The Bertz CT molecular complexity index is 1530. The first kappa shape index (κ1) is 23.7. The van der Waals surface area contributed by atoms with Crippen LogP contribution in [0.4, 0.5) is 0 Å². The van der Waals surface area contributed by atoms with E-state index < -0.39 is 0 Å². The molecule has 0 amide bonds. The lowest BCUT2D eigenvalue weighted by Gasteiger charge is -2.11. The number of carbonyl (C=O) groups is 1.